The Kier molecular flexibility index (Phi) is 4.22. The van der Waals surface area contributed by atoms with Crippen molar-refractivity contribution in [3.05, 3.63) is 50.4 Å². The Labute approximate surface area is 135 Å². The van der Waals surface area contributed by atoms with Crippen molar-refractivity contribution < 1.29 is 0 Å². The molecule has 2 heterocycles. The molecule has 0 unspecified atom stereocenters. The summed E-state index contributed by atoms with van der Waals surface area (Å²) >= 11 is 19.5. The Morgan fingerprint density at radius 1 is 1.15 bits per heavy atom. The highest BCUT2D eigenvalue weighted by molar-refractivity contribution is 7.16. The molecule has 0 amide bonds. The van der Waals surface area contributed by atoms with E-state index in [4.69, 9.17) is 34.8 Å². The fraction of sp³-hybridized carbons (Fsp3) is 0.214. The minimum absolute atomic E-state index is 0.544. The number of hydrogen-bond acceptors (Lipinski definition) is 2. The van der Waals surface area contributed by atoms with Gasteiger partial charge in [-0.15, -0.1) is 22.9 Å². The van der Waals surface area contributed by atoms with Crippen LogP contribution in [0.3, 0.4) is 0 Å². The zero-order valence-corrected chi connectivity index (χ0v) is 13.5. The molecule has 0 bridgehead atoms. The summed E-state index contributed by atoms with van der Waals surface area (Å²) in [6.07, 6.45) is 0.729. The molecular formula is C14H11Cl3N2S. The largest absolute Gasteiger partial charge is 0.323 e. The minimum atomic E-state index is 0.544. The van der Waals surface area contributed by atoms with Crippen LogP contribution in [0.15, 0.2) is 30.3 Å². The predicted octanol–water partition coefficient (Wildman–Crippen LogP) is 5.23. The maximum Gasteiger partial charge on any atom is 0.111 e. The van der Waals surface area contributed by atoms with Crippen molar-refractivity contribution in [2.24, 2.45) is 0 Å². The van der Waals surface area contributed by atoms with Crippen molar-refractivity contribution in [2.75, 3.05) is 5.88 Å². The first-order valence-electron chi connectivity index (χ1n) is 6.12. The molecule has 0 fully saturated rings. The van der Waals surface area contributed by atoms with E-state index in [0.717, 1.165) is 34.2 Å². The monoisotopic (exact) mass is 344 g/mol. The van der Waals surface area contributed by atoms with Gasteiger partial charge in [0.05, 0.1) is 21.9 Å². The average molecular weight is 346 g/mol. The van der Waals surface area contributed by atoms with Gasteiger partial charge in [0.1, 0.15) is 5.82 Å². The Morgan fingerprint density at radius 2 is 2.00 bits per heavy atom. The van der Waals surface area contributed by atoms with Crippen molar-refractivity contribution in [3.63, 3.8) is 0 Å². The third-order valence-electron chi connectivity index (χ3n) is 3.05. The van der Waals surface area contributed by atoms with Crippen LogP contribution in [0.4, 0.5) is 0 Å². The van der Waals surface area contributed by atoms with Crippen LogP contribution >= 0.6 is 46.1 Å². The van der Waals surface area contributed by atoms with Crippen LogP contribution in [0.2, 0.25) is 9.36 Å². The SMILES string of the molecule is ClCCc1nc2cc(Cl)ccc2n1Cc1ccc(Cl)s1. The number of imidazole rings is 1. The van der Waals surface area contributed by atoms with E-state index < -0.39 is 0 Å². The molecule has 2 aromatic heterocycles. The first kappa shape index (κ1) is 14.2. The summed E-state index contributed by atoms with van der Waals surface area (Å²) in [7, 11) is 0. The van der Waals surface area contributed by atoms with Crippen LogP contribution < -0.4 is 0 Å². The second-order valence-electron chi connectivity index (χ2n) is 4.39. The fourth-order valence-corrected chi connectivity index (χ4v) is 3.61. The Bertz CT molecular complexity index is 748. The molecule has 20 heavy (non-hydrogen) atoms. The zero-order valence-electron chi connectivity index (χ0n) is 10.4. The van der Waals surface area contributed by atoms with E-state index in [1.54, 1.807) is 11.3 Å². The second-order valence-corrected chi connectivity index (χ2v) is 7.01. The van der Waals surface area contributed by atoms with Crippen LogP contribution in [-0.4, -0.2) is 15.4 Å². The van der Waals surface area contributed by atoms with E-state index >= 15 is 0 Å². The Balaban J connectivity index is 2.08. The highest BCUT2D eigenvalue weighted by atomic mass is 35.5. The predicted molar refractivity (Wildman–Crippen MR) is 87.6 cm³/mol. The van der Waals surface area contributed by atoms with Crippen LogP contribution in [0.25, 0.3) is 11.0 Å². The van der Waals surface area contributed by atoms with Crippen molar-refractivity contribution in [1.82, 2.24) is 9.55 Å². The summed E-state index contributed by atoms with van der Waals surface area (Å²) in [6.45, 7) is 0.752. The van der Waals surface area contributed by atoms with Crippen molar-refractivity contribution >= 4 is 57.2 Å². The van der Waals surface area contributed by atoms with Gasteiger partial charge in [-0.25, -0.2) is 4.98 Å². The smallest absolute Gasteiger partial charge is 0.111 e. The molecule has 0 aliphatic heterocycles. The molecule has 0 aliphatic rings. The van der Waals surface area contributed by atoms with Gasteiger partial charge in [-0.3, -0.25) is 0 Å². The molecule has 0 radical (unpaired) electrons. The van der Waals surface area contributed by atoms with E-state index in [-0.39, 0.29) is 0 Å². The van der Waals surface area contributed by atoms with Crippen LogP contribution in [0.5, 0.6) is 0 Å². The van der Waals surface area contributed by atoms with Gasteiger partial charge in [0.2, 0.25) is 0 Å². The molecule has 3 aromatic rings. The van der Waals surface area contributed by atoms with E-state index in [0.29, 0.717) is 10.9 Å². The lowest BCUT2D eigenvalue weighted by Gasteiger charge is -2.06. The standard InChI is InChI=1S/C14H11Cl3N2S/c15-6-5-14-18-11-7-9(16)1-3-12(11)19(14)8-10-2-4-13(17)20-10/h1-4,7H,5-6,8H2. The number of fused-ring (bicyclic) bond motifs is 1. The van der Waals surface area contributed by atoms with Crippen LogP contribution in [0, 0.1) is 0 Å². The van der Waals surface area contributed by atoms with E-state index in [1.807, 2.05) is 30.3 Å². The summed E-state index contributed by atoms with van der Waals surface area (Å²) in [4.78, 5) is 5.83. The fourth-order valence-electron chi connectivity index (χ4n) is 2.20. The number of benzene rings is 1. The first-order valence-corrected chi connectivity index (χ1v) is 8.23. The highest BCUT2D eigenvalue weighted by Crippen LogP contribution is 2.26. The van der Waals surface area contributed by atoms with Gasteiger partial charge in [0.15, 0.2) is 0 Å². The molecule has 2 nitrogen and oxygen atoms in total. The average Bonchev–Trinajstić information content (AvgIpc) is 2.95. The topological polar surface area (TPSA) is 17.8 Å². The second kappa shape index (κ2) is 5.94. The number of alkyl halides is 1. The molecule has 0 N–H and O–H groups in total. The number of aryl methyl sites for hydroxylation is 1. The summed E-state index contributed by atoms with van der Waals surface area (Å²) < 4.78 is 2.97. The van der Waals surface area contributed by atoms with Crippen LogP contribution in [-0.2, 0) is 13.0 Å². The number of aromatic nitrogens is 2. The summed E-state index contributed by atoms with van der Waals surface area (Å²) in [5.41, 5.74) is 1.97. The van der Waals surface area contributed by atoms with Gasteiger partial charge < -0.3 is 4.57 Å². The van der Waals surface area contributed by atoms with Gasteiger partial charge in [-0.1, -0.05) is 23.2 Å². The number of hydrogen-bond donors (Lipinski definition) is 0. The molecule has 0 saturated carbocycles. The van der Waals surface area contributed by atoms with E-state index in [9.17, 15) is 0 Å². The molecule has 104 valence electrons. The Morgan fingerprint density at radius 3 is 2.70 bits per heavy atom. The molecule has 3 rings (SSSR count). The maximum atomic E-state index is 6.03. The summed E-state index contributed by atoms with van der Waals surface area (Å²) in [5.74, 6) is 1.52. The lowest BCUT2D eigenvalue weighted by Crippen LogP contribution is -2.04. The first-order chi connectivity index (χ1) is 9.67. The number of nitrogens with zero attached hydrogens (tertiary/aromatic N) is 2. The molecule has 0 saturated heterocycles. The van der Waals surface area contributed by atoms with Crippen molar-refractivity contribution in [2.45, 2.75) is 13.0 Å². The van der Waals surface area contributed by atoms with Gasteiger partial charge in [0.25, 0.3) is 0 Å². The van der Waals surface area contributed by atoms with Gasteiger partial charge in [-0.05, 0) is 30.3 Å². The van der Waals surface area contributed by atoms with Crippen molar-refractivity contribution in [1.29, 1.82) is 0 Å². The number of halogens is 3. The van der Waals surface area contributed by atoms with Crippen LogP contribution in [0.1, 0.15) is 10.7 Å². The highest BCUT2D eigenvalue weighted by Gasteiger charge is 2.12. The normalized spacial score (nSPS) is 11.3. The molecule has 0 spiro atoms. The lowest BCUT2D eigenvalue weighted by atomic mass is 10.3. The van der Waals surface area contributed by atoms with Gasteiger partial charge in [0, 0.05) is 22.2 Å². The summed E-state index contributed by atoms with van der Waals surface area (Å²) in [5, 5.41) is 0.693. The van der Waals surface area contributed by atoms with Gasteiger partial charge in [-0.2, -0.15) is 0 Å². The van der Waals surface area contributed by atoms with Crippen molar-refractivity contribution in [3.8, 4) is 0 Å². The molecule has 1 aromatic carbocycles. The molecule has 0 atom stereocenters. The van der Waals surface area contributed by atoms with Gasteiger partial charge >= 0.3 is 0 Å². The lowest BCUT2D eigenvalue weighted by molar-refractivity contribution is 0.763. The van der Waals surface area contributed by atoms with E-state index in [1.165, 1.54) is 4.88 Å². The van der Waals surface area contributed by atoms with E-state index in [2.05, 4.69) is 9.55 Å². The third-order valence-corrected chi connectivity index (χ3v) is 4.69. The number of rotatable bonds is 4. The summed E-state index contributed by atoms with van der Waals surface area (Å²) in [6, 6.07) is 9.72. The minimum Gasteiger partial charge on any atom is -0.323 e. The quantitative estimate of drug-likeness (QED) is 0.592. The zero-order chi connectivity index (χ0) is 14.1. The molecule has 6 heteroatoms. The number of thiophene rings is 1. The third kappa shape index (κ3) is 2.82. The molecular weight excluding hydrogens is 335 g/mol. The molecule has 0 aliphatic carbocycles. The maximum absolute atomic E-state index is 6.03. The Hall–Kier alpha value is -0.740.